The minimum atomic E-state index is 0.396. The molecule has 0 atom stereocenters. The summed E-state index contributed by atoms with van der Waals surface area (Å²) in [4.78, 5) is 21.0. The molecule has 0 aliphatic carbocycles. The lowest BCUT2D eigenvalue weighted by molar-refractivity contribution is 0.565. The highest BCUT2D eigenvalue weighted by molar-refractivity contribution is 5.48. The Bertz CT molecular complexity index is 315. The maximum atomic E-state index is 9.89. The van der Waals surface area contributed by atoms with E-state index in [-0.39, 0.29) is 0 Å². The summed E-state index contributed by atoms with van der Waals surface area (Å²) in [6, 6.07) is 0. The van der Waals surface area contributed by atoms with Crippen molar-refractivity contribution in [2.24, 2.45) is 4.99 Å². The van der Waals surface area contributed by atoms with Gasteiger partial charge in [-0.3, -0.25) is 0 Å². The van der Waals surface area contributed by atoms with Crippen LogP contribution in [-0.4, -0.2) is 16.0 Å². The lowest BCUT2D eigenvalue weighted by Gasteiger charge is -1.97. The molecule has 1 rings (SSSR count). The number of carbonyl (C=O) groups excluding carboxylic acids is 1. The van der Waals surface area contributed by atoms with Gasteiger partial charge >= 0.3 is 0 Å². The third kappa shape index (κ3) is 1.48. The summed E-state index contributed by atoms with van der Waals surface area (Å²) in [6.45, 7) is 3.65. The average Bonchev–Trinajstić information content (AvgIpc) is 1.99. The molecule has 1 aromatic rings. The van der Waals surface area contributed by atoms with Crippen molar-refractivity contribution in [2.75, 3.05) is 0 Å². The molecule has 0 aromatic carbocycles. The number of isocyanates is 1. The largest absolute Gasteiger partial charge is 0.242 e. The van der Waals surface area contributed by atoms with Gasteiger partial charge in [-0.05, 0) is 13.8 Å². The Balaban J connectivity index is 3.26. The minimum Gasteiger partial charge on any atom is -0.241 e. The third-order valence-corrected chi connectivity index (χ3v) is 1.46. The van der Waals surface area contributed by atoms with Gasteiger partial charge in [-0.2, -0.15) is 0 Å². The molecule has 0 aliphatic heterocycles. The molecule has 4 heteroatoms. The lowest BCUT2D eigenvalue weighted by atomic mass is 10.2. The zero-order valence-electron chi connectivity index (χ0n) is 6.33. The number of aromatic nitrogens is 2. The van der Waals surface area contributed by atoms with E-state index >= 15 is 0 Å². The molecule has 0 unspecified atom stereocenters. The van der Waals surface area contributed by atoms with Crippen LogP contribution in [0.3, 0.4) is 0 Å². The second-order valence-corrected chi connectivity index (χ2v) is 2.11. The molecule has 0 fully saturated rings. The molecule has 0 amide bonds. The maximum Gasteiger partial charge on any atom is 0.242 e. The van der Waals surface area contributed by atoms with Gasteiger partial charge in [0.25, 0.3) is 0 Å². The topological polar surface area (TPSA) is 55.2 Å². The number of aryl methyl sites for hydroxylation is 1. The van der Waals surface area contributed by atoms with Crippen LogP contribution in [0.5, 0.6) is 0 Å². The molecule has 1 aromatic heterocycles. The van der Waals surface area contributed by atoms with Crippen molar-refractivity contribution >= 4 is 11.9 Å². The Hall–Kier alpha value is -1.54. The molecule has 0 bridgehead atoms. The predicted molar refractivity (Wildman–Crippen MR) is 39.3 cm³/mol. The summed E-state index contributed by atoms with van der Waals surface area (Å²) in [5, 5.41) is 0. The normalized spacial score (nSPS) is 8.91. The highest BCUT2D eigenvalue weighted by atomic mass is 16.1. The van der Waals surface area contributed by atoms with E-state index < -0.39 is 0 Å². The molecule has 0 aliphatic rings. The molecule has 1 heterocycles. The van der Waals surface area contributed by atoms with E-state index in [1.807, 2.05) is 13.8 Å². The van der Waals surface area contributed by atoms with E-state index in [1.54, 1.807) is 0 Å². The van der Waals surface area contributed by atoms with Gasteiger partial charge in [-0.1, -0.05) is 0 Å². The molecule has 56 valence electrons. The van der Waals surface area contributed by atoms with Crippen LogP contribution in [-0.2, 0) is 4.79 Å². The number of aliphatic imine (C=N–C) groups is 1. The molecule has 4 nitrogen and oxygen atoms in total. The van der Waals surface area contributed by atoms with Gasteiger partial charge in [0, 0.05) is 11.3 Å². The van der Waals surface area contributed by atoms with Crippen LogP contribution in [0, 0.1) is 13.8 Å². The molecule has 11 heavy (non-hydrogen) atoms. The summed E-state index contributed by atoms with van der Waals surface area (Å²) in [5.74, 6) is 0.396. The first-order chi connectivity index (χ1) is 5.25. The van der Waals surface area contributed by atoms with Crippen LogP contribution in [0.15, 0.2) is 11.3 Å². The molecule has 0 saturated carbocycles. The quantitative estimate of drug-likeness (QED) is 0.443. The average molecular weight is 149 g/mol. The first kappa shape index (κ1) is 7.57. The van der Waals surface area contributed by atoms with Crippen molar-refractivity contribution in [1.82, 2.24) is 9.97 Å². The number of rotatable bonds is 1. The second-order valence-electron chi connectivity index (χ2n) is 2.11. The van der Waals surface area contributed by atoms with E-state index in [0.29, 0.717) is 5.82 Å². The molecule has 0 radical (unpaired) electrons. The van der Waals surface area contributed by atoms with Gasteiger partial charge in [0.15, 0.2) is 5.82 Å². The van der Waals surface area contributed by atoms with E-state index in [0.717, 1.165) is 11.3 Å². The van der Waals surface area contributed by atoms with Gasteiger partial charge in [0.2, 0.25) is 6.08 Å². The zero-order valence-corrected chi connectivity index (χ0v) is 6.33. The van der Waals surface area contributed by atoms with E-state index in [4.69, 9.17) is 0 Å². The second kappa shape index (κ2) is 3.03. The van der Waals surface area contributed by atoms with Crippen LogP contribution in [0.2, 0.25) is 0 Å². The first-order valence-corrected chi connectivity index (χ1v) is 3.11. The number of nitrogens with zero attached hydrogens (tertiary/aromatic N) is 3. The fourth-order valence-electron chi connectivity index (χ4n) is 0.682. The molecule has 0 N–H and O–H groups in total. The Labute approximate surface area is 64.0 Å². The predicted octanol–water partition coefficient (Wildman–Crippen LogP) is 1.06. The van der Waals surface area contributed by atoms with Crippen LogP contribution in [0.25, 0.3) is 0 Å². The van der Waals surface area contributed by atoms with Crippen molar-refractivity contribution in [3.8, 4) is 0 Å². The smallest absolute Gasteiger partial charge is 0.241 e. The van der Waals surface area contributed by atoms with Gasteiger partial charge < -0.3 is 0 Å². The fraction of sp³-hybridized carbons (Fsp3) is 0.286. The maximum absolute atomic E-state index is 9.89. The summed E-state index contributed by atoms with van der Waals surface area (Å²) in [7, 11) is 0. The van der Waals surface area contributed by atoms with Gasteiger partial charge in [0.05, 0.1) is 0 Å². The minimum absolute atomic E-state index is 0.396. The first-order valence-electron chi connectivity index (χ1n) is 3.11. The molecule has 0 spiro atoms. The molecule has 0 saturated heterocycles. The lowest BCUT2D eigenvalue weighted by Crippen LogP contribution is -1.88. The SMILES string of the molecule is Cc1ncnc(N=C=O)c1C. The van der Waals surface area contributed by atoms with Crippen LogP contribution < -0.4 is 0 Å². The van der Waals surface area contributed by atoms with Crippen LogP contribution in [0.4, 0.5) is 5.82 Å². The summed E-state index contributed by atoms with van der Waals surface area (Å²) < 4.78 is 0. The Morgan fingerprint density at radius 2 is 2.18 bits per heavy atom. The van der Waals surface area contributed by atoms with Crippen molar-refractivity contribution in [2.45, 2.75) is 13.8 Å². The summed E-state index contributed by atoms with van der Waals surface area (Å²) in [5.41, 5.74) is 1.64. The number of hydrogen-bond donors (Lipinski definition) is 0. The van der Waals surface area contributed by atoms with E-state index in [1.165, 1.54) is 12.4 Å². The van der Waals surface area contributed by atoms with Crippen molar-refractivity contribution in [3.05, 3.63) is 17.6 Å². The van der Waals surface area contributed by atoms with Crippen molar-refractivity contribution in [1.29, 1.82) is 0 Å². The summed E-state index contributed by atoms with van der Waals surface area (Å²) >= 11 is 0. The zero-order chi connectivity index (χ0) is 8.27. The fourth-order valence-corrected chi connectivity index (χ4v) is 0.682. The third-order valence-electron chi connectivity index (χ3n) is 1.46. The highest BCUT2D eigenvalue weighted by Gasteiger charge is 1.99. The monoisotopic (exact) mass is 149 g/mol. The Morgan fingerprint density at radius 3 is 2.82 bits per heavy atom. The van der Waals surface area contributed by atoms with Gasteiger partial charge in [-0.25, -0.2) is 14.8 Å². The number of hydrogen-bond acceptors (Lipinski definition) is 4. The van der Waals surface area contributed by atoms with E-state index in [2.05, 4.69) is 15.0 Å². The Kier molecular flexibility index (Phi) is 2.09. The van der Waals surface area contributed by atoms with Gasteiger partial charge in [0.1, 0.15) is 6.33 Å². The Morgan fingerprint density at radius 1 is 1.45 bits per heavy atom. The van der Waals surface area contributed by atoms with Crippen molar-refractivity contribution in [3.63, 3.8) is 0 Å². The van der Waals surface area contributed by atoms with Crippen LogP contribution >= 0.6 is 0 Å². The van der Waals surface area contributed by atoms with Crippen LogP contribution in [0.1, 0.15) is 11.3 Å². The summed E-state index contributed by atoms with van der Waals surface area (Å²) in [6.07, 6.45) is 2.81. The highest BCUT2D eigenvalue weighted by Crippen LogP contribution is 2.14. The van der Waals surface area contributed by atoms with Gasteiger partial charge in [-0.15, -0.1) is 4.99 Å². The molecular formula is C7H7N3O. The molecular weight excluding hydrogens is 142 g/mol. The van der Waals surface area contributed by atoms with Crippen molar-refractivity contribution < 1.29 is 4.79 Å². The van der Waals surface area contributed by atoms with E-state index in [9.17, 15) is 4.79 Å². The standard InChI is InChI=1S/C7H7N3O/c1-5-6(2)8-3-9-7(5)10-4-11/h3H,1-2H3.